The summed E-state index contributed by atoms with van der Waals surface area (Å²) in [5, 5.41) is 0.163. The minimum absolute atomic E-state index is 0.163. The Kier molecular flexibility index (Phi) is 2.73. The lowest BCUT2D eigenvalue weighted by Gasteiger charge is -2.30. The maximum atomic E-state index is 13.9. The lowest BCUT2D eigenvalue weighted by Crippen LogP contribution is -2.39. The molecule has 1 aliphatic carbocycles. The second-order valence-corrected chi connectivity index (χ2v) is 4.84. The summed E-state index contributed by atoms with van der Waals surface area (Å²) < 4.78 is 13.9. The first kappa shape index (κ1) is 10.9. The summed E-state index contributed by atoms with van der Waals surface area (Å²) in [6, 6.07) is 5.08. The lowest BCUT2D eigenvalue weighted by molar-refractivity contribution is 0.335. The van der Waals surface area contributed by atoms with Gasteiger partial charge < -0.3 is 5.73 Å². The molecular weight excluding hydrogens is 213 g/mol. The molecule has 0 amide bonds. The van der Waals surface area contributed by atoms with Gasteiger partial charge in [-0.25, -0.2) is 4.39 Å². The molecule has 1 aliphatic rings. The Morgan fingerprint density at radius 2 is 2.27 bits per heavy atom. The molecule has 1 nitrogen and oxygen atoms in total. The summed E-state index contributed by atoms with van der Waals surface area (Å²) in [6.07, 6.45) is 2.96. The molecule has 0 radical (unpaired) electrons. The Hall–Kier alpha value is -0.600. The second kappa shape index (κ2) is 3.76. The lowest BCUT2D eigenvalue weighted by atomic mass is 9.82. The SMILES string of the molecule is CC1CCCC1(N)c1cccc(Cl)c1F. The van der Waals surface area contributed by atoms with E-state index in [-0.39, 0.29) is 10.8 Å². The van der Waals surface area contributed by atoms with E-state index in [1.807, 2.05) is 0 Å². The van der Waals surface area contributed by atoms with Crippen molar-refractivity contribution in [2.24, 2.45) is 11.7 Å². The summed E-state index contributed by atoms with van der Waals surface area (Å²) in [5.41, 5.74) is 6.33. The molecule has 82 valence electrons. The molecule has 2 rings (SSSR count). The summed E-state index contributed by atoms with van der Waals surface area (Å²) in [5.74, 6) is -0.0408. The van der Waals surface area contributed by atoms with E-state index in [1.165, 1.54) is 0 Å². The van der Waals surface area contributed by atoms with Crippen LogP contribution in [0.1, 0.15) is 31.7 Å². The smallest absolute Gasteiger partial charge is 0.146 e. The average molecular weight is 228 g/mol. The van der Waals surface area contributed by atoms with Gasteiger partial charge in [0.15, 0.2) is 0 Å². The first-order chi connectivity index (χ1) is 7.05. The maximum absolute atomic E-state index is 13.9. The Morgan fingerprint density at radius 1 is 1.53 bits per heavy atom. The summed E-state index contributed by atoms with van der Waals surface area (Å²) in [6.45, 7) is 2.08. The first-order valence-electron chi connectivity index (χ1n) is 5.29. The maximum Gasteiger partial charge on any atom is 0.146 e. The highest BCUT2D eigenvalue weighted by Gasteiger charge is 2.40. The van der Waals surface area contributed by atoms with Crippen molar-refractivity contribution in [3.63, 3.8) is 0 Å². The zero-order valence-electron chi connectivity index (χ0n) is 8.76. The normalized spacial score (nSPS) is 30.8. The third-order valence-corrected chi connectivity index (χ3v) is 3.85. The first-order valence-corrected chi connectivity index (χ1v) is 5.67. The molecule has 1 saturated carbocycles. The van der Waals surface area contributed by atoms with E-state index >= 15 is 0 Å². The molecule has 1 fully saturated rings. The predicted molar refractivity (Wildman–Crippen MR) is 60.3 cm³/mol. The number of rotatable bonds is 1. The van der Waals surface area contributed by atoms with Gasteiger partial charge in [-0.3, -0.25) is 0 Å². The number of benzene rings is 1. The third kappa shape index (κ3) is 1.66. The van der Waals surface area contributed by atoms with E-state index in [9.17, 15) is 4.39 Å². The molecule has 0 heterocycles. The van der Waals surface area contributed by atoms with E-state index in [2.05, 4.69) is 6.92 Å². The van der Waals surface area contributed by atoms with Crippen LogP contribution in [-0.4, -0.2) is 0 Å². The number of hydrogen-bond donors (Lipinski definition) is 1. The molecule has 0 saturated heterocycles. The van der Waals surface area contributed by atoms with Gasteiger partial charge in [0.05, 0.1) is 5.02 Å². The molecule has 2 unspecified atom stereocenters. The summed E-state index contributed by atoms with van der Waals surface area (Å²) in [4.78, 5) is 0. The minimum Gasteiger partial charge on any atom is -0.321 e. The van der Waals surface area contributed by atoms with Gasteiger partial charge in [0.2, 0.25) is 0 Å². The summed E-state index contributed by atoms with van der Waals surface area (Å²) >= 11 is 5.77. The fraction of sp³-hybridized carbons (Fsp3) is 0.500. The van der Waals surface area contributed by atoms with Gasteiger partial charge in [-0.05, 0) is 24.8 Å². The molecule has 0 aromatic heterocycles. The zero-order valence-corrected chi connectivity index (χ0v) is 9.52. The van der Waals surface area contributed by atoms with Crippen LogP contribution in [0.15, 0.2) is 18.2 Å². The van der Waals surface area contributed by atoms with Crippen LogP contribution in [-0.2, 0) is 5.54 Å². The van der Waals surface area contributed by atoms with Crippen LogP contribution >= 0.6 is 11.6 Å². The van der Waals surface area contributed by atoms with Crippen LogP contribution in [0.4, 0.5) is 4.39 Å². The second-order valence-electron chi connectivity index (χ2n) is 4.44. The van der Waals surface area contributed by atoms with Gasteiger partial charge >= 0.3 is 0 Å². The van der Waals surface area contributed by atoms with E-state index in [0.29, 0.717) is 11.5 Å². The molecule has 1 aromatic carbocycles. The standard InChI is InChI=1S/C12H15ClFN/c1-8-4-3-7-12(8,15)9-5-2-6-10(13)11(9)14/h2,5-6,8H,3-4,7,15H2,1H3. The fourth-order valence-corrected chi connectivity index (χ4v) is 2.64. The number of nitrogens with two attached hydrogens (primary N) is 1. The highest BCUT2D eigenvalue weighted by atomic mass is 35.5. The molecule has 0 aliphatic heterocycles. The summed E-state index contributed by atoms with van der Waals surface area (Å²) in [7, 11) is 0. The monoisotopic (exact) mass is 227 g/mol. The van der Waals surface area contributed by atoms with Gasteiger partial charge in [-0.15, -0.1) is 0 Å². The minimum atomic E-state index is -0.533. The molecule has 2 N–H and O–H groups in total. The van der Waals surface area contributed by atoms with Crippen LogP contribution < -0.4 is 5.73 Å². The number of halogens is 2. The van der Waals surface area contributed by atoms with Gasteiger partial charge in [-0.1, -0.05) is 37.1 Å². The molecule has 1 aromatic rings. The van der Waals surface area contributed by atoms with Crippen molar-refractivity contribution in [1.29, 1.82) is 0 Å². The molecule has 3 heteroatoms. The molecule has 15 heavy (non-hydrogen) atoms. The highest BCUT2D eigenvalue weighted by Crippen LogP contribution is 2.42. The Labute approximate surface area is 94.4 Å². The van der Waals surface area contributed by atoms with Crippen molar-refractivity contribution in [2.45, 2.75) is 31.7 Å². The highest BCUT2D eigenvalue weighted by molar-refractivity contribution is 6.30. The van der Waals surface area contributed by atoms with Gasteiger partial charge in [-0.2, -0.15) is 0 Å². The molecule has 2 atom stereocenters. The van der Waals surface area contributed by atoms with E-state index < -0.39 is 5.54 Å². The molecular formula is C12H15ClFN. The van der Waals surface area contributed by atoms with Crippen LogP contribution in [0.25, 0.3) is 0 Å². The van der Waals surface area contributed by atoms with Crippen molar-refractivity contribution in [2.75, 3.05) is 0 Å². The van der Waals surface area contributed by atoms with E-state index in [0.717, 1.165) is 19.3 Å². The van der Waals surface area contributed by atoms with Crippen molar-refractivity contribution in [3.05, 3.63) is 34.6 Å². The van der Waals surface area contributed by atoms with Gasteiger partial charge in [0, 0.05) is 11.1 Å². The fourth-order valence-electron chi connectivity index (χ4n) is 2.47. The largest absolute Gasteiger partial charge is 0.321 e. The van der Waals surface area contributed by atoms with Crippen molar-refractivity contribution in [3.8, 4) is 0 Å². The van der Waals surface area contributed by atoms with E-state index in [4.69, 9.17) is 17.3 Å². The molecule has 0 bridgehead atoms. The topological polar surface area (TPSA) is 26.0 Å². The van der Waals surface area contributed by atoms with Crippen molar-refractivity contribution in [1.82, 2.24) is 0 Å². The Morgan fingerprint density at radius 3 is 2.87 bits per heavy atom. The van der Waals surface area contributed by atoms with Crippen LogP contribution in [0, 0.1) is 11.7 Å². The number of hydrogen-bond acceptors (Lipinski definition) is 1. The van der Waals surface area contributed by atoms with Crippen LogP contribution in [0.5, 0.6) is 0 Å². The van der Waals surface area contributed by atoms with Crippen LogP contribution in [0.3, 0.4) is 0 Å². The van der Waals surface area contributed by atoms with Gasteiger partial charge in [0.1, 0.15) is 5.82 Å². The van der Waals surface area contributed by atoms with Crippen LogP contribution in [0.2, 0.25) is 5.02 Å². The quantitative estimate of drug-likeness (QED) is 0.782. The van der Waals surface area contributed by atoms with Crippen molar-refractivity contribution < 1.29 is 4.39 Å². The predicted octanol–water partition coefficient (Wildman–Crippen LogP) is 3.45. The molecule has 0 spiro atoms. The average Bonchev–Trinajstić information content (AvgIpc) is 2.53. The Balaban J connectivity index is 2.49. The Bertz CT molecular complexity index is 380. The zero-order chi connectivity index (χ0) is 11.1. The van der Waals surface area contributed by atoms with E-state index in [1.54, 1.807) is 18.2 Å². The van der Waals surface area contributed by atoms with Crippen molar-refractivity contribution >= 4 is 11.6 Å². The third-order valence-electron chi connectivity index (χ3n) is 3.56. The van der Waals surface area contributed by atoms with Gasteiger partial charge in [0.25, 0.3) is 0 Å².